The van der Waals surface area contributed by atoms with Crippen molar-refractivity contribution in [1.82, 2.24) is 0 Å². The number of carbonyl (C=O) groups excluding carboxylic acids is 1. The van der Waals surface area contributed by atoms with Crippen molar-refractivity contribution >= 4 is 5.97 Å². The highest BCUT2D eigenvalue weighted by molar-refractivity contribution is 5.90. The molecule has 4 rings (SSSR count). The first kappa shape index (κ1) is 18.9. The number of hydrogen-bond donors (Lipinski definition) is 0. The molecule has 0 aliphatic heterocycles. The van der Waals surface area contributed by atoms with Gasteiger partial charge in [0.1, 0.15) is 0 Å². The molecular formula is C24H26O4. The van der Waals surface area contributed by atoms with Crippen LogP contribution in [0.1, 0.15) is 24.5 Å². The Morgan fingerprint density at radius 3 is 2.04 bits per heavy atom. The van der Waals surface area contributed by atoms with Crippen molar-refractivity contribution in [1.29, 1.82) is 0 Å². The molecule has 2 bridgehead atoms. The zero-order valence-electron chi connectivity index (χ0n) is 16.1. The van der Waals surface area contributed by atoms with Crippen molar-refractivity contribution in [3.05, 3.63) is 83.4 Å². The van der Waals surface area contributed by atoms with Crippen molar-refractivity contribution in [3.8, 4) is 0 Å². The Morgan fingerprint density at radius 1 is 0.893 bits per heavy atom. The Hall–Kier alpha value is -2.43. The molecule has 0 N–H and O–H groups in total. The SMILES string of the molecule is CCOC(=O)C1=C[C@H]2C[C@@H]1[C@H](OCc1ccccc1)[C@@H]2OCc1ccccc1. The van der Waals surface area contributed by atoms with E-state index in [-0.39, 0.29) is 30.0 Å². The van der Waals surface area contributed by atoms with Crippen molar-refractivity contribution in [2.24, 2.45) is 11.8 Å². The van der Waals surface area contributed by atoms with E-state index >= 15 is 0 Å². The largest absolute Gasteiger partial charge is 0.463 e. The maximum absolute atomic E-state index is 12.4. The van der Waals surface area contributed by atoms with Crippen LogP contribution in [0.2, 0.25) is 0 Å². The molecule has 0 spiro atoms. The molecule has 0 heterocycles. The number of hydrogen-bond acceptors (Lipinski definition) is 4. The van der Waals surface area contributed by atoms with Crippen molar-refractivity contribution < 1.29 is 19.0 Å². The molecule has 28 heavy (non-hydrogen) atoms. The molecule has 0 amide bonds. The quantitative estimate of drug-likeness (QED) is 0.643. The van der Waals surface area contributed by atoms with Crippen LogP contribution in [0, 0.1) is 11.8 Å². The Balaban J connectivity index is 1.48. The number of esters is 1. The second-order valence-corrected chi connectivity index (χ2v) is 7.37. The molecule has 2 aromatic carbocycles. The molecule has 1 saturated carbocycles. The summed E-state index contributed by atoms with van der Waals surface area (Å²) in [5.41, 5.74) is 3.01. The van der Waals surface area contributed by atoms with Gasteiger partial charge in [0.25, 0.3) is 0 Å². The van der Waals surface area contributed by atoms with Crippen LogP contribution in [0.25, 0.3) is 0 Å². The predicted molar refractivity (Wildman–Crippen MR) is 106 cm³/mol. The Bertz CT molecular complexity index is 815. The van der Waals surface area contributed by atoms with E-state index in [2.05, 4.69) is 24.3 Å². The molecule has 0 aromatic heterocycles. The van der Waals surface area contributed by atoms with Gasteiger partial charge in [0.15, 0.2) is 0 Å². The molecule has 2 aliphatic carbocycles. The van der Waals surface area contributed by atoms with Crippen molar-refractivity contribution in [3.63, 3.8) is 0 Å². The van der Waals surface area contributed by atoms with Crippen LogP contribution >= 0.6 is 0 Å². The van der Waals surface area contributed by atoms with E-state index < -0.39 is 0 Å². The molecule has 0 unspecified atom stereocenters. The Labute approximate surface area is 166 Å². The van der Waals surface area contributed by atoms with Gasteiger partial charge < -0.3 is 14.2 Å². The van der Waals surface area contributed by atoms with E-state index in [4.69, 9.17) is 14.2 Å². The highest BCUT2D eigenvalue weighted by Gasteiger charge is 2.51. The second-order valence-electron chi connectivity index (χ2n) is 7.37. The molecule has 2 aliphatic rings. The number of benzene rings is 2. The smallest absolute Gasteiger partial charge is 0.334 e. The number of fused-ring (bicyclic) bond motifs is 2. The van der Waals surface area contributed by atoms with Crippen LogP contribution in [-0.4, -0.2) is 24.8 Å². The van der Waals surface area contributed by atoms with Gasteiger partial charge in [0.2, 0.25) is 0 Å². The monoisotopic (exact) mass is 378 g/mol. The lowest BCUT2D eigenvalue weighted by Gasteiger charge is -2.30. The minimum atomic E-state index is -0.218. The van der Waals surface area contributed by atoms with Crippen LogP contribution in [0.15, 0.2) is 72.3 Å². The highest BCUT2D eigenvalue weighted by Crippen LogP contribution is 2.47. The van der Waals surface area contributed by atoms with Gasteiger partial charge in [-0.25, -0.2) is 4.79 Å². The Kier molecular flexibility index (Phi) is 5.89. The van der Waals surface area contributed by atoms with Gasteiger partial charge in [-0.2, -0.15) is 0 Å². The predicted octanol–water partition coefficient (Wildman–Crippen LogP) is 4.30. The first-order valence-electron chi connectivity index (χ1n) is 9.96. The average molecular weight is 378 g/mol. The number of carbonyl (C=O) groups is 1. The normalized spacial score (nSPS) is 25.5. The second kappa shape index (κ2) is 8.72. The van der Waals surface area contributed by atoms with Gasteiger partial charge in [-0.3, -0.25) is 0 Å². The molecule has 4 nitrogen and oxygen atoms in total. The first-order valence-corrected chi connectivity index (χ1v) is 9.96. The zero-order valence-corrected chi connectivity index (χ0v) is 16.1. The minimum absolute atomic E-state index is 0.0357. The third-order valence-corrected chi connectivity index (χ3v) is 5.54. The van der Waals surface area contributed by atoms with E-state index in [1.165, 1.54) is 0 Å². The summed E-state index contributed by atoms with van der Waals surface area (Å²) in [5, 5.41) is 0. The fourth-order valence-electron chi connectivity index (χ4n) is 4.25. The summed E-state index contributed by atoms with van der Waals surface area (Å²) in [5.74, 6) is 0.00671. The van der Waals surface area contributed by atoms with Crippen LogP contribution in [0.5, 0.6) is 0 Å². The van der Waals surface area contributed by atoms with Gasteiger partial charge in [0.05, 0.1) is 32.0 Å². The van der Waals surface area contributed by atoms with Crippen LogP contribution < -0.4 is 0 Å². The van der Waals surface area contributed by atoms with Crippen molar-refractivity contribution in [2.75, 3.05) is 6.61 Å². The van der Waals surface area contributed by atoms with Gasteiger partial charge in [-0.15, -0.1) is 0 Å². The summed E-state index contributed by atoms with van der Waals surface area (Å²) in [4.78, 5) is 12.4. The summed E-state index contributed by atoms with van der Waals surface area (Å²) in [6.07, 6.45) is 2.73. The van der Waals surface area contributed by atoms with E-state index in [1.807, 2.05) is 49.4 Å². The van der Waals surface area contributed by atoms with E-state index in [9.17, 15) is 4.79 Å². The maximum Gasteiger partial charge on any atom is 0.334 e. The van der Waals surface area contributed by atoms with Crippen LogP contribution in [0.4, 0.5) is 0 Å². The van der Waals surface area contributed by atoms with Crippen LogP contribution in [0.3, 0.4) is 0 Å². The Morgan fingerprint density at radius 2 is 1.46 bits per heavy atom. The maximum atomic E-state index is 12.4. The molecular weight excluding hydrogens is 352 g/mol. The molecule has 1 fully saturated rings. The standard InChI is InChI=1S/C24H26O4/c1-2-26-24(25)21-14-19-13-20(21)23(28-16-18-11-7-4-8-12-18)22(19)27-15-17-9-5-3-6-10-17/h3-12,14,19-20,22-23H,2,13,15-16H2,1H3/t19-,20+,22-,23+/m1/s1. The lowest BCUT2D eigenvalue weighted by molar-refractivity contribution is -0.141. The molecule has 4 heteroatoms. The average Bonchev–Trinajstić information content (AvgIpc) is 3.31. The highest BCUT2D eigenvalue weighted by atomic mass is 16.5. The molecule has 0 saturated heterocycles. The van der Waals surface area contributed by atoms with E-state index in [0.717, 1.165) is 23.1 Å². The third-order valence-electron chi connectivity index (χ3n) is 5.54. The minimum Gasteiger partial charge on any atom is -0.463 e. The summed E-state index contributed by atoms with van der Waals surface area (Å²) in [6.45, 7) is 3.27. The lowest BCUT2D eigenvalue weighted by Crippen LogP contribution is -2.38. The summed E-state index contributed by atoms with van der Waals surface area (Å²) in [6, 6.07) is 20.3. The molecule has 0 radical (unpaired) electrons. The fraction of sp³-hybridized carbons (Fsp3) is 0.375. The van der Waals surface area contributed by atoms with Gasteiger partial charge in [-0.1, -0.05) is 66.7 Å². The molecule has 2 aromatic rings. The summed E-state index contributed by atoms with van der Waals surface area (Å²) >= 11 is 0. The lowest BCUT2D eigenvalue weighted by atomic mass is 9.93. The molecule has 4 atom stereocenters. The van der Waals surface area contributed by atoms with Gasteiger partial charge in [-0.05, 0) is 24.5 Å². The van der Waals surface area contributed by atoms with Crippen LogP contribution in [-0.2, 0) is 32.2 Å². The molecule has 146 valence electrons. The summed E-state index contributed by atoms with van der Waals surface area (Å²) < 4.78 is 17.8. The van der Waals surface area contributed by atoms with E-state index in [1.54, 1.807) is 0 Å². The zero-order chi connectivity index (χ0) is 19.3. The van der Waals surface area contributed by atoms with Gasteiger partial charge in [0, 0.05) is 17.4 Å². The van der Waals surface area contributed by atoms with Crippen molar-refractivity contribution in [2.45, 2.75) is 38.8 Å². The number of ether oxygens (including phenoxy) is 3. The number of rotatable bonds is 8. The fourth-order valence-corrected chi connectivity index (χ4v) is 4.25. The summed E-state index contributed by atoms with van der Waals surface area (Å²) in [7, 11) is 0. The van der Waals surface area contributed by atoms with Gasteiger partial charge >= 0.3 is 5.97 Å². The van der Waals surface area contributed by atoms with E-state index in [0.29, 0.717) is 19.8 Å². The topological polar surface area (TPSA) is 44.8 Å². The first-order chi connectivity index (χ1) is 13.8. The third kappa shape index (κ3) is 4.03.